The molecular formula is C42H64N8O8S. The predicted octanol–water partition coefficient (Wildman–Crippen LogP) is 0.963. The van der Waals surface area contributed by atoms with Gasteiger partial charge < -0.3 is 48.5 Å². The van der Waals surface area contributed by atoms with Crippen LogP contribution in [-0.4, -0.2) is 101 Å². The molecule has 16 nitrogen and oxygen atoms in total. The lowest BCUT2D eigenvalue weighted by Gasteiger charge is -2.28. The summed E-state index contributed by atoms with van der Waals surface area (Å²) in [7, 11) is 0. The molecule has 11 N–H and O–H groups in total. The van der Waals surface area contributed by atoms with Crippen LogP contribution in [0.4, 0.5) is 0 Å². The molecule has 0 spiro atoms. The summed E-state index contributed by atoms with van der Waals surface area (Å²) >= 11 is 4.28. The van der Waals surface area contributed by atoms with E-state index >= 15 is 0 Å². The maximum Gasteiger partial charge on any atom is 0.326 e. The van der Waals surface area contributed by atoms with E-state index in [2.05, 4.69) is 44.5 Å². The van der Waals surface area contributed by atoms with Gasteiger partial charge in [-0.1, -0.05) is 101 Å². The van der Waals surface area contributed by atoms with Gasteiger partial charge in [0.25, 0.3) is 0 Å². The Hall–Kier alpha value is -5.00. The van der Waals surface area contributed by atoms with Gasteiger partial charge in [-0.2, -0.15) is 12.6 Å². The zero-order valence-electron chi connectivity index (χ0n) is 34.7. The predicted molar refractivity (Wildman–Crippen MR) is 229 cm³/mol. The Morgan fingerprint density at radius 1 is 0.627 bits per heavy atom. The zero-order chi connectivity index (χ0) is 44.1. The number of carbonyl (C=O) groups is 7. The van der Waals surface area contributed by atoms with Crippen molar-refractivity contribution in [3.05, 3.63) is 71.8 Å². The van der Waals surface area contributed by atoms with E-state index in [1.807, 2.05) is 26.8 Å². The summed E-state index contributed by atoms with van der Waals surface area (Å²) in [4.78, 5) is 92.9. The van der Waals surface area contributed by atoms with Gasteiger partial charge in [-0.25, -0.2) is 4.79 Å². The first-order chi connectivity index (χ1) is 28.0. The van der Waals surface area contributed by atoms with Crippen LogP contribution < -0.4 is 43.4 Å². The van der Waals surface area contributed by atoms with Crippen LogP contribution in [0.3, 0.4) is 0 Å². The largest absolute Gasteiger partial charge is 0.480 e. The van der Waals surface area contributed by atoms with Crippen molar-refractivity contribution in [2.45, 2.75) is 122 Å². The molecule has 2 aromatic rings. The number of nitrogens with one attached hydrogen (secondary N) is 6. The zero-order valence-corrected chi connectivity index (χ0v) is 35.6. The number of rotatable bonds is 26. The van der Waals surface area contributed by atoms with E-state index in [9.17, 15) is 38.7 Å². The number of carbonyl (C=O) groups excluding carboxylic acids is 6. The van der Waals surface area contributed by atoms with Crippen molar-refractivity contribution in [1.82, 2.24) is 31.9 Å². The van der Waals surface area contributed by atoms with Gasteiger partial charge in [0.2, 0.25) is 35.4 Å². The molecule has 0 saturated carbocycles. The lowest BCUT2D eigenvalue weighted by Crippen LogP contribution is -2.60. The summed E-state index contributed by atoms with van der Waals surface area (Å²) in [5.74, 6) is -5.81. The highest BCUT2D eigenvalue weighted by molar-refractivity contribution is 7.80. The van der Waals surface area contributed by atoms with Crippen LogP contribution >= 0.6 is 12.6 Å². The van der Waals surface area contributed by atoms with Crippen molar-refractivity contribution in [2.75, 3.05) is 12.3 Å². The molecule has 326 valence electrons. The summed E-state index contributed by atoms with van der Waals surface area (Å²) in [6.45, 7) is 9.07. The smallest absolute Gasteiger partial charge is 0.326 e. The first kappa shape index (κ1) is 50.1. The Labute approximate surface area is 352 Å². The van der Waals surface area contributed by atoms with Crippen LogP contribution in [-0.2, 0) is 46.4 Å². The highest BCUT2D eigenvalue weighted by Gasteiger charge is 2.34. The summed E-state index contributed by atoms with van der Waals surface area (Å²) < 4.78 is 0. The van der Waals surface area contributed by atoms with Gasteiger partial charge in [0.1, 0.15) is 36.3 Å². The number of hydrogen-bond acceptors (Lipinski definition) is 10. The minimum Gasteiger partial charge on any atom is -0.480 e. The number of carboxylic acid groups (broad SMARTS) is 1. The molecule has 2 rings (SSSR count). The van der Waals surface area contributed by atoms with Crippen molar-refractivity contribution >= 4 is 54.0 Å². The maximum atomic E-state index is 14.0. The number of hydrogen-bond donors (Lipinski definition) is 10. The molecule has 17 heteroatoms. The molecule has 0 heterocycles. The topological polar surface area (TPSA) is 264 Å². The van der Waals surface area contributed by atoms with Crippen molar-refractivity contribution in [1.29, 1.82) is 0 Å². The maximum absolute atomic E-state index is 14.0. The lowest BCUT2D eigenvalue weighted by atomic mass is 9.96. The minimum atomic E-state index is -1.26. The van der Waals surface area contributed by atoms with Crippen LogP contribution in [0.2, 0.25) is 0 Å². The lowest BCUT2D eigenvalue weighted by molar-refractivity contribution is -0.143. The second-order valence-corrected chi connectivity index (χ2v) is 15.6. The van der Waals surface area contributed by atoms with Crippen molar-refractivity contribution in [3.8, 4) is 0 Å². The van der Waals surface area contributed by atoms with E-state index in [0.29, 0.717) is 37.8 Å². The SMILES string of the molecule is CCC(C)C(NC(=O)C(C)NC(=O)C(CS)NC(=O)C(Cc1ccccc1)NC(=O)C(Cc1ccccc1)NC(=O)C(N)CCCCN)C(=O)NC(CC(C)C)C(=O)O. The van der Waals surface area contributed by atoms with Crippen molar-refractivity contribution < 1.29 is 38.7 Å². The standard InChI is InChI=1S/C42H64N8O8S/c1-6-26(4)35(41(56)48-33(42(57)58)21-25(2)3)50-36(51)27(5)45-40(55)34(24-59)49-39(54)32(23-29-17-11-8-12-18-29)47-38(53)31(22-28-15-9-7-10-16-28)46-37(52)30(44)19-13-14-20-43/h7-12,15-18,25-27,30-35,59H,6,13-14,19-24,43-44H2,1-5H3,(H,45,55)(H,46,52)(H,47,53)(H,48,56)(H,49,54)(H,50,51)(H,57,58). The average molecular weight is 841 g/mol. The molecule has 8 atom stereocenters. The summed E-state index contributed by atoms with van der Waals surface area (Å²) in [5, 5.41) is 25.5. The van der Waals surface area contributed by atoms with Gasteiger partial charge in [0, 0.05) is 18.6 Å². The number of unbranched alkanes of at least 4 members (excludes halogenated alkanes) is 1. The van der Waals surface area contributed by atoms with Crippen LogP contribution in [0.1, 0.15) is 77.8 Å². The molecule has 0 saturated heterocycles. The van der Waals surface area contributed by atoms with E-state index < -0.39 is 83.7 Å². The minimum absolute atomic E-state index is 0.0150. The first-order valence-electron chi connectivity index (χ1n) is 20.2. The van der Waals surface area contributed by atoms with Crippen molar-refractivity contribution in [3.63, 3.8) is 0 Å². The van der Waals surface area contributed by atoms with E-state index in [1.165, 1.54) is 6.92 Å². The van der Waals surface area contributed by atoms with E-state index in [0.717, 1.165) is 5.56 Å². The fraction of sp³-hybridized carbons (Fsp3) is 0.548. The molecule has 0 fully saturated rings. The highest BCUT2D eigenvalue weighted by atomic mass is 32.1. The second kappa shape index (κ2) is 26.2. The Kier molecular flexibility index (Phi) is 22.2. The van der Waals surface area contributed by atoms with Crippen LogP contribution in [0.15, 0.2) is 60.7 Å². The monoisotopic (exact) mass is 840 g/mol. The van der Waals surface area contributed by atoms with Crippen LogP contribution in [0.5, 0.6) is 0 Å². The fourth-order valence-corrected chi connectivity index (χ4v) is 6.35. The number of nitrogens with two attached hydrogens (primary N) is 2. The molecule has 59 heavy (non-hydrogen) atoms. The molecule has 0 bridgehead atoms. The van der Waals surface area contributed by atoms with E-state index in [-0.39, 0.29) is 36.9 Å². The Morgan fingerprint density at radius 3 is 1.56 bits per heavy atom. The van der Waals surface area contributed by atoms with Gasteiger partial charge in [0.15, 0.2) is 0 Å². The molecule has 0 aliphatic carbocycles. The molecule has 0 radical (unpaired) electrons. The van der Waals surface area contributed by atoms with Gasteiger partial charge in [-0.3, -0.25) is 28.8 Å². The second-order valence-electron chi connectivity index (χ2n) is 15.3. The first-order valence-corrected chi connectivity index (χ1v) is 20.8. The van der Waals surface area contributed by atoms with E-state index in [1.54, 1.807) is 61.5 Å². The van der Waals surface area contributed by atoms with Gasteiger partial charge in [-0.05, 0) is 55.7 Å². The third kappa shape index (κ3) is 17.8. The molecule has 0 aliphatic rings. The summed E-state index contributed by atoms with van der Waals surface area (Å²) in [6.07, 6.45) is 2.50. The number of benzene rings is 2. The third-order valence-corrected chi connectivity index (χ3v) is 10.2. The van der Waals surface area contributed by atoms with Crippen LogP contribution in [0, 0.1) is 11.8 Å². The Morgan fingerprint density at radius 2 is 1.10 bits per heavy atom. The van der Waals surface area contributed by atoms with Gasteiger partial charge >= 0.3 is 5.97 Å². The molecule has 8 unspecified atom stereocenters. The van der Waals surface area contributed by atoms with Gasteiger partial charge in [-0.15, -0.1) is 0 Å². The number of thiol groups is 1. The third-order valence-electron chi connectivity index (χ3n) is 9.82. The quantitative estimate of drug-likeness (QED) is 0.0474. The van der Waals surface area contributed by atoms with Gasteiger partial charge in [0.05, 0.1) is 6.04 Å². The molecule has 0 aliphatic heterocycles. The number of aliphatic carboxylic acids is 1. The van der Waals surface area contributed by atoms with E-state index in [4.69, 9.17) is 11.5 Å². The number of carboxylic acids is 1. The molecule has 6 amide bonds. The molecule has 0 aromatic heterocycles. The summed E-state index contributed by atoms with van der Waals surface area (Å²) in [5.41, 5.74) is 13.2. The van der Waals surface area contributed by atoms with Crippen LogP contribution in [0.25, 0.3) is 0 Å². The number of amides is 6. The van der Waals surface area contributed by atoms with Crippen molar-refractivity contribution in [2.24, 2.45) is 23.3 Å². The molecular weight excluding hydrogens is 777 g/mol. The summed E-state index contributed by atoms with van der Waals surface area (Å²) in [6, 6.07) is 10.1. The normalized spacial score (nSPS) is 15.2. The average Bonchev–Trinajstić information content (AvgIpc) is 3.20. The Bertz CT molecular complexity index is 1670. The highest BCUT2D eigenvalue weighted by Crippen LogP contribution is 2.12. The fourth-order valence-electron chi connectivity index (χ4n) is 6.09. The Balaban J connectivity index is 2.25. The molecule has 2 aromatic carbocycles.